The Bertz CT molecular complexity index is 525. The molecule has 2 aliphatic heterocycles. The molecule has 0 bridgehead atoms. The Hall–Kier alpha value is -1.85. The van der Waals surface area contributed by atoms with Crippen molar-refractivity contribution in [3.63, 3.8) is 0 Å². The van der Waals surface area contributed by atoms with Gasteiger partial charge in [-0.05, 0) is 32.1 Å². The lowest BCUT2D eigenvalue weighted by atomic mass is 9.79. The van der Waals surface area contributed by atoms with Gasteiger partial charge in [-0.15, -0.1) is 0 Å². The van der Waals surface area contributed by atoms with Crippen molar-refractivity contribution in [2.45, 2.75) is 44.6 Å². The predicted molar refractivity (Wildman–Crippen MR) is 93.5 cm³/mol. The lowest BCUT2D eigenvalue weighted by Gasteiger charge is -2.39. The molecule has 8 heteroatoms. The summed E-state index contributed by atoms with van der Waals surface area (Å²) in [5.41, 5.74) is -1.24. The van der Waals surface area contributed by atoms with E-state index < -0.39 is 11.4 Å². The van der Waals surface area contributed by atoms with Gasteiger partial charge in [0.2, 0.25) is 0 Å². The number of likely N-dealkylation sites (tertiary alicyclic amines) is 2. The molecule has 2 fully saturated rings. The van der Waals surface area contributed by atoms with Crippen molar-refractivity contribution >= 4 is 12.1 Å². The molecule has 0 aromatic carbocycles. The third-order valence-electron chi connectivity index (χ3n) is 5.47. The molecule has 0 aromatic heterocycles. The lowest BCUT2D eigenvalue weighted by Crippen LogP contribution is -2.47. The van der Waals surface area contributed by atoms with Gasteiger partial charge >= 0.3 is 12.1 Å². The highest BCUT2D eigenvalue weighted by molar-refractivity contribution is 5.78. The summed E-state index contributed by atoms with van der Waals surface area (Å²) in [7, 11) is 1.62. The van der Waals surface area contributed by atoms with Crippen molar-refractivity contribution in [1.82, 2.24) is 9.80 Å². The summed E-state index contributed by atoms with van der Waals surface area (Å²) in [6, 6.07) is 2.32. The highest BCUT2D eigenvalue weighted by atomic mass is 16.6. The fraction of sp³-hybridized carbons (Fsp3) is 0.833. The molecule has 1 atom stereocenters. The van der Waals surface area contributed by atoms with Crippen LogP contribution in [0.3, 0.4) is 0 Å². The molecular formula is C18H29N3O5. The Balaban J connectivity index is 1.79. The fourth-order valence-electron chi connectivity index (χ4n) is 3.72. The van der Waals surface area contributed by atoms with Crippen molar-refractivity contribution in [1.29, 1.82) is 5.26 Å². The van der Waals surface area contributed by atoms with Crippen LogP contribution in [0.1, 0.15) is 38.5 Å². The molecule has 0 saturated carbocycles. The Labute approximate surface area is 154 Å². The lowest BCUT2D eigenvalue weighted by molar-refractivity contribution is -0.148. The number of ether oxygens (including phenoxy) is 2. The Kier molecular flexibility index (Phi) is 7.66. The van der Waals surface area contributed by atoms with E-state index in [9.17, 15) is 20.0 Å². The first kappa shape index (κ1) is 20.5. The normalized spacial score (nSPS) is 23.7. The maximum Gasteiger partial charge on any atom is 0.409 e. The van der Waals surface area contributed by atoms with E-state index in [1.54, 1.807) is 12.0 Å². The minimum Gasteiger partial charge on any atom is -0.480 e. The first-order valence-electron chi connectivity index (χ1n) is 9.32. The number of nitriles is 1. The van der Waals surface area contributed by atoms with Crippen molar-refractivity contribution in [3.05, 3.63) is 0 Å². The van der Waals surface area contributed by atoms with Gasteiger partial charge in [0, 0.05) is 52.4 Å². The van der Waals surface area contributed by atoms with Crippen molar-refractivity contribution in [2.24, 2.45) is 5.41 Å². The maximum atomic E-state index is 12.1. The summed E-state index contributed by atoms with van der Waals surface area (Å²) in [5.74, 6) is -1.01. The van der Waals surface area contributed by atoms with Crippen LogP contribution < -0.4 is 0 Å². The second-order valence-corrected chi connectivity index (χ2v) is 7.07. The van der Waals surface area contributed by atoms with Gasteiger partial charge in [-0.2, -0.15) is 5.26 Å². The van der Waals surface area contributed by atoms with Gasteiger partial charge in [0.05, 0.1) is 12.7 Å². The van der Waals surface area contributed by atoms with Crippen LogP contribution in [0.5, 0.6) is 0 Å². The zero-order valence-corrected chi connectivity index (χ0v) is 15.5. The van der Waals surface area contributed by atoms with Crippen LogP contribution >= 0.6 is 0 Å². The summed E-state index contributed by atoms with van der Waals surface area (Å²) < 4.78 is 10.2. The van der Waals surface area contributed by atoms with E-state index in [2.05, 4.69) is 4.90 Å². The molecule has 2 saturated heterocycles. The largest absolute Gasteiger partial charge is 0.480 e. The average Bonchev–Trinajstić information content (AvgIpc) is 2.91. The van der Waals surface area contributed by atoms with Crippen LogP contribution in [0, 0.1) is 16.7 Å². The third-order valence-corrected chi connectivity index (χ3v) is 5.47. The van der Waals surface area contributed by atoms with Gasteiger partial charge in [0.15, 0.2) is 5.41 Å². The van der Waals surface area contributed by atoms with Crippen molar-refractivity contribution < 1.29 is 24.2 Å². The number of amides is 1. The number of methoxy groups -OCH3 is 1. The Morgan fingerprint density at radius 2 is 1.92 bits per heavy atom. The molecule has 1 amide bonds. The van der Waals surface area contributed by atoms with Crippen LogP contribution in [0.4, 0.5) is 4.79 Å². The minimum absolute atomic E-state index is 0.269. The molecule has 2 rings (SSSR count). The van der Waals surface area contributed by atoms with E-state index in [1.807, 2.05) is 6.07 Å². The van der Waals surface area contributed by atoms with E-state index in [0.29, 0.717) is 64.7 Å². The number of rotatable bonds is 6. The van der Waals surface area contributed by atoms with Crippen LogP contribution in [0.25, 0.3) is 0 Å². The zero-order chi connectivity index (χ0) is 19.0. The highest BCUT2D eigenvalue weighted by Gasteiger charge is 2.43. The van der Waals surface area contributed by atoms with Crippen LogP contribution in [-0.2, 0) is 14.3 Å². The molecule has 8 nitrogen and oxygen atoms in total. The quantitative estimate of drug-likeness (QED) is 0.713. The Morgan fingerprint density at radius 3 is 2.54 bits per heavy atom. The molecule has 26 heavy (non-hydrogen) atoms. The summed E-state index contributed by atoms with van der Waals surface area (Å²) >= 11 is 0. The number of carboxylic acid groups (broad SMARTS) is 1. The minimum atomic E-state index is -1.24. The molecule has 2 heterocycles. The molecule has 0 aromatic rings. The SMILES string of the molecule is COCCCOC(=O)N1CCCC(N2CCC(C#N)(C(=O)O)CC2)CC1. The molecule has 2 aliphatic rings. The topological polar surface area (TPSA) is 103 Å². The fourth-order valence-corrected chi connectivity index (χ4v) is 3.72. The number of piperidine rings is 1. The second-order valence-electron chi connectivity index (χ2n) is 7.07. The van der Waals surface area contributed by atoms with Crippen LogP contribution in [-0.4, -0.2) is 79.5 Å². The van der Waals surface area contributed by atoms with Gasteiger partial charge in [0.1, 0.15) is 0 Å². The maximum absolute atomic E-state index is 12.1. The number of carbonyl (C=O) groups is 2. The molecule has 1 unspecified atom stereocenters. The molecule has 146 valence electrons. The summed E-state index contributed by atoms with van der Waals surface area (Å²) in [5, 5.41) is 18.6. The van der Waals surface area contributed by atoms with Crippen molar-refractivity contribution in [3.8, 4) is 6.07 Å². The summed E-state index contributed by atoms with van der Waals surface area (Å²) in [6.07, 6.45) is 3.86. The standard InChI is InChI=1S/C18H29N3O5/c1-25-12-3-13-26-17(24)21-8-2-4-15(5-9-21)20-10-6-18(14-19,7-11-20)16(22)23/h15H,2-13H2,1H3,(H,22,23). The average molecular weight is 367 g/mol. The van der Waals surface area contributed by atoms with Crippen LogP contribution in [0.15, 0.2) is 0 Å². The van der Waals surface area contributed by atoms with Gasteiger partial charge in [0.25, 0.3) is 0 Å². The highest BCUT2D eigenvalue weighted by Crippen LogP contribution is 2.33. The molecule has 0 spiro atoms. The van der Waals surface area contributed by atoms with E-state index in [-0.39, 0.29) is 6.09 Å². The number of aliphatic carboxylic acids is 1. The number of carbonyl (C=O) groups excluding carboxylic acids is 1. The van der Waals surface area contributed by atoms with E-state index in [1.165, 1.54) is 0 Å². The number of carboxylic acids is 1. The molecule has 0 radical (unpaired) electrons. The van der Waals surface area contributed by atoms with E-state index in [0.717, 1.165) is 19.3 Å². The van der Waals surface area contributed by atoms with Gasteiger partial charge < -0.3 is 24.4 Å². The van der Waals surface area contributed by atoms with Gasteiger partial charge in [-0.1, -0.05) is 0 Å². The first-order valence-corrected chi connectivity index (χ1v) is 9.32. The summed E-state index contributed by atoms with van der Waals surface area (Å²) in [4.78, 5) is 27.6. The van der Waals surface area contributed by atoms with Gasteiger partial charge in [-0.3, -0.25) is 4.79 Å². The smallest absolute Gasteiger partial charge is 0.409 e. The summed E-state index contributed by atoms with van der Waals surface area (Å²) in [6.45, 7) is 3.50. The van der Waals surface area contributed by atoms with Crippen molar-refractivity contribution in [2.75, 3.05) is 46.5 Å². The number of hydrogen-bond donors (Lipinski definition) is 1. The van der Waals surface area contributed by atoms with Crippen LogP contribution in [0.2, 0.25) is 0 Å². The number of hydrogen-bond acceptors (Lipinski definition) is 6. The number of nitrogens with zero attached hydrogens (tertiary/aromatic N) is 3. The molecule has 1 N–H and O–H groups in total. The van der Waals surface area contributed by atoms with Gasteiger partial charge in [-0.25, -0.2) is 4.79 Å². The Morgan fingerprint density at radius 1 is 1.19 bits per heavy atom. The predicted octanol–water partition coefficient (Wildman–Crippen LogP) is 1.70. The first-order chi connectivity index (χ1) is 12.5. The monoisotopic (exact) mass is 367 g/mol. The molecule has 0 aliphatic carbocycles. The van der Waals surface area contributed by atoms with E-state index in [4.69, 9.17) is 9.47 Å². The van der Waals surface area contributed by atoms with E-state index >= 15 is 0 Å². The molecular weight excluding hydrogens is 338 g/mol. The zero-order valence-electron chi connectivity index (χ0n) is 15.5. The third kappa shape index (κ3) is 5.08. The second kappa shape index (κ2) is 9.74.